The van der Waals surface area contributed by atoms with Gasteiger partial charge in [0.1, 0.15) is 5.75 Å². The van der Waals surface area contributed by atoms with E-state index >= 15 is 0 Å². The van der Waals surface area contributed by atoms with Gasteiger partial charge in [0.15, 0.2) is 0 Å². The highest BCUT2D eigenvalue weighted by Gasteiger charge is 2.17. The first-order chi connectivity index (χ1) is 6.70. The molecule has 2 rings (SSSR count). The van der Waals surface area contributed by atoms with Crippen molar-refractivity contribution >= 4 is 5.69 Å². The summed E-state index contributed by atoms with van der Waals surface area (Å²) < 4.78 is 5.33. The molecule has 1 aliphatic heterocycles. The van der Waals surface area contributed by atoms with Gasteiger partial charge in [-0.25, -0.2) is 0 Å². The lowest BCUT2D eigenvalue weighted by Gasteiger charge is -2.26. The number of hydrogen-bond donors (Lipinski definition) is 1. The Labute approximate surface area is 84.5 Å². The number of anilines is 1. The van der Waals surface area contributed by atoms with Crippen molar-refractivity contribution in [3.63, 3.8) is 0 Å². The Morgan fingerprint density at radius 1 is 1.43 bits per heavy atom. The standard InChI is InChI=1S/C11H16N2O/c1-13-4-3-10-8(7-13)5-9(12)6-11(10)14-2/h5-6H,3-4,7,12H2,1-2H3. The number of methoxy groups -OCH3 is 1. The Kier molecular flexibility index (Phi) is 2.33. The normalized spacial score (nSPS) is 16.4. The fourth-order valence-corrected chi connectivity index (χ4v) is 2.01. The van der Waals surface area contributed by atoms with Crippen LogP contribution in [0, 0.1) is 0 Å². The average molecular weight is 192 g/mol. The quantitative estimate of drug-likeness (QED) is 0.681. The highest BCUT2D eigenvalue weighted by atomic mass is 16.5. The fourth-order valence-electron chi connectivity index (χ4n) is 2.01. The zero-order chi connectivity index (χ0) is 10.1. The van der Waals surface area contributed by atoms with Crippen molar-refractivity contribution in [1.29, 1.82) is 0 Å². The predicted molar refractivity (Wildman–Crippen MR) is 57.4 cm³/mol. The molecule has 3 nitrogen and oxygen atoms in total. The van der Waals surface area contributed by atoms with Gasteiger partial charge in [-0.15, -0.1) is 0 Å². The molecule has 1 heterocycles. The lowest BCUT2D eigenvalue weighted by molar-refractivity contribution is 0.306. The van der Waals surface area contributed by atoms with Gasteiger partial charge in [0, 0.05) is 30.4 Å². The van der Waals surface area contributed by atoms with Crippen molar-refractivity contribution < 1.29 is 4.74 Å². The Morgan fingerprint density at radius 3 is 2.93 bits per heavy atom. The average Bonchev–Trinajstić information content (AvgIpc) is 2.15. The van der Waals surface area contributed by atoms with Crippen LogP contribution >= 0.6 is 0 Å². The van der Waals surface area contributed by atoms with E-state index in [1.54, 1.807) is 7.11 Å². The highest BCUT2D eigenvalue weighted by molar-refractivity contribution is 5.53. The van der Waals surface area contributed by atoms with Gasteiger partial charge in [-0.3, -0.25) is 0 Å². The maximum atomic E-state index is 5.81. The van der Waals surface area contributed by atoms with E-state index in [2.05, 4.69) is 11.9 Å². The summed E-state index contributed by atoms with van der Waals surface area (Å²) in [5, 5.41) is 0. The molecule has 14 heavy (non-hydrogen) atoms. The van der Waals surface area contributed by atoms with Crippen molar-refractivity contribution in [2.45, 2.75) is 13.0 Å². The van der Waals surface area contributed by atoms with Crippen LogP contribution in [0.1, 0.15) is 11.1 Å². The number of fused-ring (bicyclic) bond motifs is 1. The molecule has 0 unspecified atom stereocenters. The first-order valence-electron chi connectivity index (χ1n) is 4.84. The lowest BCUT2D eigenvalue weighted by Crippen LogP contribution is -2.26. The van der Waals surface area contributed by atoms with Gasteiger partial charge in [0.25, 0.3) is 0 Å². The molecule has 0 bridgehead atoms. The topological polar surface area (TPSA) is 38.5 Å². The van der Waals surface area contributed by atoms with E-state index in [9.17, 15) is 0 Å². The van der Waals surface area contributed by atoms with Crippen LogP contribution in [0.3, 0.4) is 0 Å². The van der Waals surface area contributed by atoms with E-state index in [0.717, 1.165) is 30.9 Å². The van der Waals surface area contributed by atoms with Crippen LogP contribution in [-0.2, 0) is 13.0 Å². The number of benzene rings is 1. The zero-order valence-electron chi connectivity index (χ0n) is 8.71. The minimum absolute atomic E-state index is 0.788. The maximum Gasteiger partial charge on any atom is 0.124 e. The van der Waals surface area contributed by atoms with Gasteiger partial charge >= 0.3 is 0 Å². The van der Waals surface area contributed by atoms with E-state index in [0.29, 0.717) is 0 Å². The zero-order valence-corrected chi connectivity index (χ0v) is 8.71. The van der Waals surface area contributed by atoms with E-state index in [1.165, 1.54) is 11.1 Å². The number of hydrogen-bond acceptors (Lipinski definition) is 3. The van der Waals surface area contributed by atoms with Gasteiger partial charge in [0.05, 0.1) is 7.11 Å². The van der Waals surface area contributed by atoms with Crippen LogP contribution in [0.5, 0.6) is 5.75 Å². The monoisotopic (exact) mass is 192 g/mol. The van der Waals surface area contributed by atoms with Crippen molar-refractivity contribution in [1.82, 2.24) is 4.90 Å². The summed E-state index contributed by atoms with van der Waals surface area (Å²) in [5.74, 6) is 0.938. The molecular formula is C11H16N2O. The Bertz CT molecular complexity index is 349. The van der Waals surface area contributed by atoms with Gasteiger partial charge in [-0.2, -0.15) is 0 Å². The van der Waals surface area contributed by atoms with Crippen LogP contribution in [0.2, 0.25) is 0 Å². The molecule has 2 N–H and O–H groups in total. The molecule has 0 saturated carbocycles. The number of nitrogens with two attached hydrogens (primary N) is 1. The van der Waals surface area contributed by atoms with Crippen LogP contribution in [-0.4, -0.2) is 25.6 Å². The summed E-state index contributed by atoms with van der Waals surface area (Å²) >= 11 is 0. The molecule has 0 atom stereocenters. The molecular weight excluding hydrogens is 176 g/mol. The number of nitrogens with zero attached hydrogens (tertiary/aromatic N) is 1. The molecule has 0 fully saturated rings. The molecule has 3 heteroatoms. The molecule has 1 aliphatic rings. The summed E-state index contributed by atoms with van der Waals surface area (Å²) in [4.78, 5) is 2.29. The Balaban J connectivity index is 2.46. The van der Waals surface area contributed by atoms with Crippen molar-refractivity contribution in [2.24, 2.45) is 0 Å². The summed E-state index contributed by atoms with van der Waals surface area (Å²) in [6.45, 7) is 2.06. The molecule has 0 spiro atoms. The van der Waals surface area contributed by atoms with Crippen molar-refractivity contribution in [2.75, 3.05) is 26.4 Å². The van der Waals surface area contributed by atoms with Crippen LogP contribution in [0.15, 0.2) is 12.1 Å². The predicted octanol–water partition coefficient (Wildman–Crippen LogP) is 1.27. The third-order valence-electron chi connectivity index (χ3n) is 2.73. The summed E-state index contributed by atoms with van der Waals surface area (Å²) in [7, 11) is 3.83. The van der Waals surface area contributed by atoms with Gasteiger partial charge in [-0.05, 0) is 25.1 Å². The maximum absolute atomic E-state index is 5.81. The van der Waals surface area contributed by atoms with E-state index in [4.69, 9.17) is 10.5 Å². The largest absolute Gasteiger partial charge is 0.496 e. The molecule has 0 aliphatic carbocycles. The van der Waals surface area contributed by atoms with Crippen LogP contribution < -0.4 is 10.5 Å². The van der Waals surface area contributed by atoms with E-state index in [-0.39, 0.29) is 0 Å². The summed E-state index contributed by atoms with van der Waals surface area (Å²) in [6.07, 6.45) is 1.05. The second-order valence-electron chi connectivity index (χ2n) is 3.85. The molecule has 0 aromatic heterocycles. The second-order valence-corrected chi connectivity index (χ2v) is 3.85. The SMILES string of the molecule is COc1cc(N)cc2c1CCN(C)C2. The smallest absolute Gasteiger partial charge is 0.124 e. The first-order valence-corrected chi connectivity index (χ1v) is 4.84. The van der Waals surface area contributed by atoms with E-state index in [1.807, 2.05) is 12.1 Å². The number of rotatable bonds is 1. The third-order valence-corrected chi connectivity index (χ3v) is 2.73. The van der Waals surface area contributed by atoms with Crippen molar-refractivity contribution in [3.8, 4) is 5.75 Å². The molecule has 1 aromatic rings. The minimum atomic E-state index is 0.788. The number of likely N-dealkylation sites (N-methyl/N-ethyl adjacent to an activating group) is 1. The van der Waals surface area contributed by atoms with Gasteiger partial charge in [-0.1, -0.05) is 0 Å². The fraction of sp³-hybridized carbons (Fsp3) is 0.455. The van der Waals surface area contributed by atoms with E-state index < -0.39 is 0 Å². The highest BCUT2D eigenvalue weighted by Crippen LogP contribution is 2.29. The van der Waals surface area contributed by atoms with Gasteiger partial charge < -0.3 is 15.4 Å². The third kappa shape index (κ3) is 1.55. The number of ether oxygens (including phenoxy) is 1. The number of nitrogen functional groups attached to an aromatic ring is 1. The van der Waals surface area contributed by atoms with Crippen LogP contribution in [0.25, 0.3) is 0 Å². The molecule has 0 amide bonds. The summed E-state index contributed by atoms with van der Waals surface area (Å²) in [5.41, 5.74) is 9.21. The molecule has 0 radical (unpaired) electrons. The Morgan fingerprint density at radius 2 is 2.21 bits per heavy atom. The molecule has 76 valence electrons. The molecule has 0 saturated heterocycles. The summed E-state index contributed by atoms with van der Waals surface area (Å²) in [6, 6.07) is 3.96. The van der Waals surface area contributed by atoms with Gasteiger partial charge in [0.2, 0.25) is 0 Å². The first kappa shape index (κ1) is 9.34. The Hall–Kier alpha value is -1.22. The molecule has 1 aromatic carbocycles. The minimum Gasteiger partial charge on any atom is -0.496 e. The lowest BCUT2D eigenvalue weighted by atomic mass is 9.98. The van der Waals surface area contributed by atoms with Crippen LogP contribution in [0.4, 0.5) is 5.69 Å². The van der Waals surface area contributed by atoms with Crippen molar-refractivity contribution in [3.05, 3.63) is 23.3 Å². The second kappa shape index (κ2) is 3.50.